The number of nitrogens with one attached hydrogen (secondary N) is 2. The van der Waals surface area contributed by atoms with E-state index in [9.17, 15) is 14.0 Å². The maximum atomic E-state index is 13.3. The number of carbonyl (C=O) groups is 2. The summed E-state index contributed by atoms with van der Waals surface area (Å²) in [5, 5.41) is 4.64. The molecule has 1 saturated heterocycles. The van der Waals surface area contributed by atoms with Gasteiger partial charge in [0, 0.05) is 18.8 Å². The molecule has 0 bridgehead atoms. The molecule has 0 unspecified atom stereocenters. The van der Waals surface area contributed by atoms with Gasteiger partial charge in [0.15, 0.2) is 5.79 Å². The molecule has 4 N–H and O–H groups in total. The highest BCUT2D eigenvalue weighted by Gasteiger charge is 2.40. The smallest absolute Gasteiger partial charge is 0.313 e. The van der Waals surface area contributed by atoms with Crippen LogP contribution >= 0.6 is 11.6 Å². The fourth-order valence-corrected chi connectivity index (χ4v) is 2.43. The van der Waals surface area contributed by atoms with Gasteiger partial charge in [0.1, 0.15) is 18.0 Å². The molecule has 7 nitrogen and oxygen atoms in total. The molecule has 132 valence electrons. The van der Waals surface area contributed by atoms with Crippen molar-refractivity contribution >= 4 is 29.1 Å². The normalized spacial score (nSPS) is 22.2. The summed E-state index contributed by atoms with van der Waals surface area (Å²) < 4.78 is 24.5. The average Bonchev–Trinajstić information content (AvgIpc) is 2.82. The molecule has 1 heterocycles. The van der Waals surface area contributed by atoms with E-state index >= 15 is 0 Å². The molecule has 0 saturated carbocycles. The number of ether oxygens (including phenoxy) is 2. The SMILES string of the molecule is CC1(C)O[C@@H](CN)[C@H](CNC(=O)C(=O)Nc2ccc(Cl)c(F)c2)O1. The van der Waals surface area contributed by atoms with Crippen molar-refractivity contribution in [3.8, 4) is 0 Å². The summed E-state index contributed by atoms with van der Waals surface area (Å²) >= 11 is 5.55. The van der Waals surface area contributed by atoms with Gasteiger partial charge in [-0.3, -0.25) is 9.59 Å². The molecule has 1 aromatic carbocycles. The molecule has 0 radical (unpaired) electrons. The van der Waals surface area contributed by atoms with Gasteiger partial charge in [-0.2, -0.15) is 0 Å². The van der Waals surface area contributed by atoms with Crippen LogP contribution in [0, 0.1) is 5.82 Å². The first-order chi connectivity index (χ1) is 11.2. The molecule has 1 aromatic rings. The highest BCUT2D eigenvalue weighted by Crippen LogP contribution is 2.27. The topological polar surface area (TPSA) is 103 Å². The Hall–Kier alpha value is -1.74. The molecule has 0 spiro atoms. The Morgan fingerprint density at radius 1 is 1.29 bits per heavy atom. The first-order valence-electron chi connectivity index (χ1n) is 7.32. The number of benzene rings is 1. The maximum absolute atomic E-state index is 13.3. The minimum atomic E-state index is -0.931. The van der Waals surface area contributed by atoms with Crippen LogP contribution in [-0.4, -0.2) is 42.9 Å². The Morgan fingerprint density at radius 2 is 1.96 bits per heavy atom. The van der Waals surface area contributed by atoms with Crippen molar-refractivity contribution in [3.63, 3.8) is 0 Å². The van der Waals surface area contributed by atoms with Crippen LogP contribution in [0.5, 0.6) is 0 Å². The predicted octanol–water partition coefficient (Wildman–Crippen LogP) is 1.01. The number of amides is 2. The van der Waals surface area contributed by atoms with Gasteiger partial charge in [0.25, 0.3) is 0 Å². The Balaban J connectivity index is 1.87. The minimum absolute atomic E-state index is 0.0620. The fraction of sp³-hybridized carbons (Fsp3) is 0.467. The molecule has 1 aliphatic rings. The number of rotatable bonds is 4. The van der Waals surface area contributed by atoms with Gasteiger partial charge in [0.2, 0.25) is 0 Å². The number of hydrogen-bond donors (Lipinski definition) is 3. The van der Waals surface area contributed by atoms with Gasteiger partial charge in [-0.05, 0) is 32.0 Å². The molecule has 1 fully saturated rings. The lowest BCUT2D eigenvalue weighted by Gasteiger charge is -2.17. The molecule has 0 aliphatic carbocycles. The van der Waals surface area contributed by atoms with Crippen molar-refractivity contribution in [3.05, 3.63) is 29.0 Å². The van der Waals surface area contributed by atoms with E-state index in [0.29, 0.717) is 0 Å². The third-order valence-electron chi connectivity index (χ3n) is 3.36. The number of hydrogen-bond acceptors (Lipinski definition) is 5. The molecule has 2 atom stereocenters. The third-order valence-corrected chi connectivity index (χ3v) is 3.67. The maximum Gasteiger partial charge on any atom is 0.313 e. The number of carbonyl (C=O) groups excluding carboxylic acids is 2. The van der Waals surface area contributed by atoms with Crippen LogP contribution in [-0.2, 0) is 19.1 Å². The number of halogens is 2. The van der Waals surface area contributed by atoms with Crippen molar-refractivity contribution in [2.24, 2.45) is 5.73 Å². The largest absolute Gasteiger partial charge is 0.345 e. The Morgan fingerprint density at radius 3 is 2.58 bits per heavy atom. The highest BCUT2D eigenvalue weighted by atomic mass is 35.5. The number of anilines is 1. The number of nitrogens with two attached hydrogens (primary N) is 1. The lowest BCUT2D eigenvalue weighted by atomic mass is 10.2. The Labute approximate surface area is 143 Å². The van der Waals surface area contributed by atoms with Crippen LogP contribution < -0.4 is 16.4 Å². The zero-order chi connectivity index (χ0) is 17.9. The lowest BCUT2D eigenvalue weighted by Crippen LogP contribution is -2.44. The van der Waals surface area contributed by atoms with E-state index in [2.05, 4.69) is 10.6 Å². The standard InChI is InChI=1S/C15H19ClFN3O4/c1-15(2)23-11(6-18)12(24-15)7-19-13(21)14(22)20-8-3-4-9(16)10(17)5-8/h3-5,11-12H,6-7,18H2,1-2H3,(H,19,21)(H,20,22)/t11-,12-/m0/s1. The second-order valence-electron chi connectivity index (χ2n) is 5.74. The molecule has 9 heteroatoms. The minimum Gasteiger partial charge on any atom is -0.345 e. The molecular weight excluding hydrogens is 341 g/mol. The molecule has 0 aromatic heterocycles. The zero-order valence-electron chi connectivity index (χ0n) is 13.3. The highest BCUT2D eigenvalue weighted by molar-refractivity contribution is 6.39. The van der Waals surface area contributed by atoms with Crippen LogP contribution in [0.25, 0.3) is 0 Å². The predicted molar refractivity (Wildman–Crippen MR) is 85.9 cm³/mol. The monoisotopic (exact) mass is 359 g/mol. The van der Waals surface area contributed by atoms with Crippen molar-refractivity contribution in [2.75, 3.05) is 18.4 Å². The van der Waals surface area contributed by atoms with Crippen LogP contribution in [0.1, 0.15) is 13.8 Å². The Bertz CT molecular complexity index is 641. The van der Waals surface area contributed by atoms with Crippen LogP contribution in [0.15, 0.2) is 18.2 Å². The van der Waals surface area contributed by atoms with Crippen molar-refractivity contribution in [2.45, 2.75) is 31.8 Å². The van der Waals surface area contributed by atoms with Gasteiger partial charge in [-0.15, -0.1) is 0 Å². The van der Waals surface area contributed by atoms with Crippen molar-refractivity contribution < 1.29 is 23.5 Å². The third kappa shape index (κ3) is 4.64. The van der Waals surface area contributed by atoms with Crippen LogP contribution in [0.3, 0.4) is 0 Å². The molecular formula is C15H19ClFN3O4. The zero-order valence-corrected chi connectivity index (χ0v) is 14.0. The van der Waals surface area contributed by atoms with E-state index in [0.717, 1.165) is 6.07 Å². The molecule has 1 aliphatic heterocycles. The van der Waals surface area contributed by atoms with Gasteiger partial charge in [0.05, 0.1) is 5.02 Å². The van der Waals surface area contributed by atoms with Crippen molar-refractivity contribution in [1.29, 1.82) is 0 Å². The summed E-state index contributed by atoms with van der Waals surface area (Å²) in [6, 6.07) is 3.69. The molecule has 2 amide bonds. The Kier molecular flexibility index (Phi) is 5.76. The first-order valence-corrected chi connectivity index (χ1v) is 7.69. The van der Waals surface area contributed by atoms with E-state index in [1.165, 1.54) is 12.1 Å². The fourth-order valence-electron chi connectivity index (χ4n) is 2.32. The van der Waals surface area contributed by atoms with Gasteiger partial charge < -0.3 is 25.8 Å². The summed E-state index contributed by atoms with van der Waals surface area (Å²) in [5.41, 5.74) is 5.72. The molecule has 24 heavy (non-hydrogen) atoms. The first kappa shape index (κ1) is 18.6. The van der Waals surface area contributed by atoms with Crippen LogP contribution in [0.4, 0.5) is 10.1 Å². The van der Waals surface area contributed by atoms with E-state index in [-0.39, 0.29) is 29.9 Å². The summed E-state index contributed by atoms with van der Waals surface area (Å²) in [4.78, 5) is 23.7. The van der Waals surface area contributed by atoms with Gasteiger partial charge in [-0.1, -0.05) is 11.6 Å². The average molecular weight is 360 g/mol. The van der Waals surface area contributed by atoms with Crippen molar-refractivity contribution in [1.82, 2.24) is 5.32 Å². The van der Waals surface area contributed by atoms with Crippen LogP contribution in [0.2, 0.25) is 5.02 Å². The van der Waals surface area contributed by atoms with E-state index in [1.807, 2.05) is 0 Å². The van der Waals surface area contributed by atoms with Gasteiger partial charge >= 0.3 is 11.8 Å². The summed E-state index contributed by atoms with van der Waals surface area (Å²) in [7, 11) is 0. The lowest BCUT2D eigenvalue weighted by molar-refractivity contribution is -0.146. The van der Waals surface area contributed by atoms with E-state index in [4.69, 9.17) is 26.8 Å². The molecule has 2 rings (SSSR count). The van der Waals surface area contributed by atoms with E-state index in [1.54, 1.807) is 13.8 Å². The van der Waals surface area contributed by atoms with E-state index < -0.39 is 29.5 Å². The quantitative estimate of drug-likeness (QED) is 0.696. The summed E-state index contributed by atoms with van der Waals surface area (Å²) in [6.45, 7) is 3.76. The second-order valence-corrected chi connectivity index (χ2v) is 6.15. The summed E-state index contributed by atoms with van der Waals surface area (Å²) in [6.07, 6.45) is -0.844. The van der Waals surface area contributed by atoms with Gasteiger partial charge in [-0.25, -0.2) is 4.39 Å². The second kappa shape index (κ2) is 7.43. The summed E-state index contributed by atoms with van der Waals surface area (Å²) in [5.74, 6) is -3.31.